The number of carbonyl (C=O) groups excluding carboxylic acids is 1. The fraction of sp³-hybridized carbons (Fsp3) is 0.571. The molecule has 1 heterocycles. The van der Waals surface area contributed by atoms with Crippen molar-refractivity contribution in [2.24, 2.45) is 7.05 Å². The molecule has 1 aromatic rings. The zero-order chi connectivity index (χ0) is 12.3. The molecule has 2 rings (SSSR count). The molecule has 0 radical (unpaired) electrons. The van der Waals surface area contributed by atoms with E-state index >= 15 is 0 Å². The standard InChI is InChI=1S/C14H20N2O/c1-3-12-9-13(16(2)15-12)10-14(17)11-7-5-4-6-8-11/h7,9H,3-6,8,10H2,1-2H3. The maximum absolute atomic E-state index is 12.1. The van der Waals surface area contributed by atoms with Crippen LogP contribution in [0.4, 0.5) is 0 Å². The van der Waals surface area contributed by atoms with E-state index in [0.717, 1.165) is 42.6 Å². The van der Waals surface area contributed by atoms with Crippen LogP contribution < -0.4 is 0 Å². The van der Waals surface area contributed by atoms with E-state index in [2.05, 4.69) is 18.1 Å². The number of rotatable bonds is 4. The number of hydrogen-bond acceptors (Lipinski definition) is 2. The van der Waals surface area contributed by atoms with Crippen LogP contribution >= 0.6 is 0 Å². The van der Waals surface area contributed by atoms with Gasteiger partial charge in [-0.1, -0.05) is 13.0 Å². The first-order chi connectivity index (χ1) is 8.20. The molecular formula is C14H20N2O. The summed E-state index contributed by atoms with van der Waals surface area (Å²) in [5, 5.41) is 4.37. The molecule has 1 aliphatic carbocycles. The van der Waals surface area contributed by atoms with Gasteiger partial charge in [0.25, 0.3) is 0 Å². The zero-order valence-corrected chi connectivity index (χ0v) is 10.7. The Labute approximate surface area is 103 Å². The second kappa shape index (κ2) is 5.30. The Hall–Kier alpha value is -1.38. The highest BCUT2D eigenvalue weighted by atomic mass is 16.1. The molecule has 3 nitrogen and oxygen atoms in total. The van der Waals surface area contributed by atoms with Crippen molar-refractivity contribution in [1.82, 2.24) is 9.78 Å². The lowest BCUT2D eigenvalue weighted by molar-refractivity contribution is -0.115. The Morgan fingerprint density at radius 2 is 2.29 bits per heavy atom. The highest BCUT2D eigenvalue weighted by Crippen LogP contribution is 2.19. The maximum Gasteiger partial charge on any atom is 0.164 e. The molecule has 0 aliphatic heterocycles. The summed E-state index contributed by atoms with van der Waals surface area (Å²) >= 11 is 0. The Kier molecular flexibility index (Phi) is 3.77. The number of nitrogens with zero attached hydrogens (tertiary/aromatic N) is 2. The van der Waals surface area contributed by atoms with Gasteiger partial charge in [0, 0.05) is 12.7 Å². The van der Waals surface area contributed by atoms with E-state index in [-0.39, 0.29) is 5.78 Å². The van der Waals surface area contributed by atoms with Gasteiger partial charge >= 0.3 is 0 Å². The van der Waals surface area contributed by atoms with Gasteiger partial charge in [0.05, 0.1) is 12.1 Å². The molecule has 1 aromatic heterocycles. The maximum atomic E-state index is 12.1. The number of carbonyl (C=O) groups is 1. The van der Waals surface area contributed by atoms with Crippen LogP contribution in [0.5, 0.6) is 0 Å². The summed E-state index contributed by atoms with van der Waals surface area (Å²) in [6, 6.07) is 2.04. The van der Waals surface area contributed by atoms with Crippen LogP contribution in [-0.2, 0) is 24.7 Å². The predicted molar refractivity (Wildman–Crippen MR) is 67.8 cm³/mol. The number of aromatic nitrogens is 2. The number of ketones is 1. The van der Waals surface area contributed by atoms with Gasteiger partial charge in [-0.3, -0.25) is 9.48 Å². The molecule has 92 valence electrons. The van der Waals surface area contributed by atoms with Crippen LogP contribution in [0.25, 0.3) is 0 Å². The summed E-state index contributed by atoms with van der Waals surface area (Å²) in [6.45, 7) is 2.08. The molecule has 1 aliphatic rings. The van der Waals surface area contributed by atoms with Crippen LogP contribution in [0.2, 0.25) is 0 Å². The topological polar surface area (TPSA) is 34.9 Å². The number of allylic oxidation sites excluding steroid dienone is 2. The summed E-state index contributed by atoms with van der Waals surface area (Å²) in [5.74, 6) is 0.273. The summed E-state index contributed by atoms with van der Waals surface area (Å²) in [6.07, 6.45) is 7.93. The molecule has 0 atom stereocenters. The fourth-order valence-electron chi connectivity index (χ4n) is 2.28. The molecule has 0 saturated heterocycles. The monoisotopic (exact) mass is 232 g/mol. The molecule has 0 aromatic carbocycles. The third-order valence-corrected chi connectivity index (χ3v) is 3.38. The first-order valence-corrected chi connectivity index (χ1v) is 6.44. The number of aryl methyl sites for hydroxylation is 2. The molecule has 17 heavy (non-hydrogen) atoms. The fourth-order valence-corrected chi connectivity index (χ4v) is 2.28. The van der Waals surface area contributed by atoms with Gasteiger partial charge in [-0.15, -0.1) is 0 Å². The smallest absolute Gasteiger partial charge is 0.164 e. The molecule has 0 unspecified atom stereocenters. The highest BCUT2D eigenvalue weighted by molar-refractivity contribution is 5.96. The van der Waals surface area contributed by atoms with E-state index < -0.39 is 0 Å². The summed E-state index contributed by atoms with van der Waals surface area (Å²) in [7, 11) is 1.91. The molecule has 0 saturated carbocycles. The quantitative estimate of drug-likeness (QED) is 0.799. The van der Waals surface area contributed by atoms with E-state index in [0.29, 0.717) is 6.42 Å². The van der Waals surface area contributed by atoms with E-state index in [1.54, 1.807) is 0 Å². The van der Waals surface area contributed by atoms with E-state index in [4.69, 9.17) is 0 Å². The number of hydrogen-bond donors (Lipinski definition) is 0. The van der Waals surface area contributed by atoms with Crippen LogP contribution in [0.1, 0.15) is 44.0 Å². The normalized spacial score (nSPS) is 15.8. The van der Waals surface area contributed by atoms with Gasteiger partial charge in [-0.05, 0) is 43.7 Å². The molecule has 0 fully saturated rings. The lowest BCUT2D eigenvalue weighted by Gasteiger charge is -2.11. The van der Waals surface area contributed by atoms with E-state index in [9.17, 15) is 4.79 Å². The Morgan fingerprint density at radius 3 is 2.88 bits per heavy atom. The van der Waals surface area contributed by atoms with Gasteiger partial charge in [0.1, 0.15) is 0 Å². The van der Waals surface area contributed by atoms with Gasteiger partial charge in [-0.2, -0.15) is 5.10 Å². The van der Waals surface area contributed by atoms with Gasteiger partial charge in [-0.25, -0.2) is 0 Å². The first kappa shape index (κ1) is 12.1. The molecule has 0 amide bonds. The van der Waals surface area contributed by atoms with Crippen molar-refractivity contribution in [3.05, 3.63) is 29.1 Å². The average Bonchev–Trinajstić information content (AvgIpc) is 2.71. The SMILES string of the molecule is CCc1cc(CC(=O)C2=CCCCC2)n(C)n1. The molecule has 3 heteroatoms. The Bertz CT molecular complexity index is 443. The minimum absolute atomic E-state index is 0.273. The van der Waals surface area contributed by atoms with Crippen molar-refractivity contribution in [2.45, 2.75) is 45.4 Å². The third-order valence-electron chi connectivity index (χ3n) is 3.38. The van der Waals surface area contributed by atoms with Crippen LogP contribution in [0.15, 0.2) is 17.7 Å². The van der Waals surface area contributed by atoms with Crippen molar-refractivity contribution in [1.29, 1.82) is 0 Å². The van der Waals surface area contributed by atoms with Gasteiger partial charge in [0.15, 0.2) is 5.78 Å². The molecular weight excluding hydrogens is 212 g/mol. The molecule has 0 spiro atoms. The zero-order valence-electron chi connectivity index (χ0n) is 10.7. The Balaban J connectivity index is 2.07. The van der Waals surface area contributed by atoms with Crippen LogP contribution in [0.3, 0.4) is 0 Å². The van der Waals surface area contributed by atoms with E-state index in [1.165, 1.54) is 6.42 Å². The second-order valence-electron chi connectivity index (χ2n) is 4.68. The predicted octanol–water partition coefficient (Wildman–Crippen LogP) is 2.59. The Morgan fingerprint density at radius 1 is 1.47 bits per heavy atom. The molecule has 0 bridgehead atoms. The van der Waals surface area contributed by atoms with Crippen molar-refractivity contribution in [3.8, 4) is 0 Å². The van der Waals surface area contributed by atoms with Crippen molar-refractivity contribution in [2.75, 3.05) is 0 Å². The largest absolute Gasteiger partial charge is 0.294 e. The van der Waals surface area contributed by atoms with Crippen molar-refractivity contribution >= 4 is 5.78 Å². The third kappa shape index (κ3) is 2.84. The minimum atomic E-state index is 0.273. The number of Topliss-reactive ketones (excluding diaryl/α,β-unsaturated/α-hetero) is 1. The summed E-state index contributed by atoms with van der Waals surface area (Å²) in [5.41, 5.74) is 3.11. The van der Waals surface area contributed by atoms with Crippen LogP contribution in [0, 0.1) is 0 Å². The summed E-state index contributed by atoms with van der Waals surface area (Å²) in [4.78, 5) is 12.1. The minimum Gasteiger partial charge on any atom is -0.294 e. The van der Waals surface area contributed by atoms with E-state index in [1.807, 2.05) is 17.8 Å². The lowest BCUT2D eigenvalue weighted by atomic mass is 9.94. The van der Waals surface area contributed by atoms with Crippen molar-refractivity contribution in [3.63, 3.8) is 0 Å². The highest BCUT2D eigenvalue weighted by Gasteiger charge is 2.15. The average molecular weight is 232 g/mol. The lowest BCUT2D eigenvalue weighted by Crippen LogP contribution is -2.11. The second-order valence-corrected chi connectivity index (χ2v) is 4.68. The molecule has 0 N–H and O–H groups in total. The summed E-state index contributed by atoms with van der Waals surface area (Å²) < 4.78 is 1.83. The van der Waals surface area contributed by atoms with Crippen molar-refractivity contribution < 1.29 is 4.79 Å². The first-order valence-electron chi connectivity index (χ1n) is 6.44. The van der Waals surface area contributed by atoms with Gasteiger partial charge in [0.2, 0.25) is 0 Å². The van der Waals surface area contributed by atoms with Gasteiger partial charge < -0.3 is 0 Å². The van der Waals surface area contributed by atoms with Crippen LogP contribution in [-0.4, -0.2) is 15.6 Å².